The second-order valence-electron chi connectivity index (χ2n) is 6.57. The molecule has 2 N–H and O–H groups in total. The first-order chi connectivity index (χ1) is 12.0. The van der Waals surface area contributed by atoms with Gasteiger partial charge in [0.15, 0.2) is 10.4 Å². The topological polar surface area (TPSA) is 65.7 Å². The zero-order valence-electron chi connectivity index (χ0n) is 14.3. The molecule has 6 heteroatoms. The van der Waals surface area contributed by atoms with Crippen molar-refractivity contribution in [2.45, 2.75) is 39.0 Å². The molecule has 1 saturated heterocycles. The van der Waals surface area contributed by atoms with Crippen LogP contribution in [0.2, 0.25) is 0 Å². The second kappa shape index (κ2) is 8.17. The lowest BCUT2D eigenvalue weighted by molar-refractivity contribution is 0.0792. The first-order valence-corrected chi connectivity index (χ1v) is 9.33. The molecule has 1 amide bonds. The van der Waals surface area contributed by atoms with Crippen LogP contribution in [0.25, 0.3) is 0 Å². The molecule has 0 atom stereocenters. The number of carbonyl (C=O) groups excluding carboxylic acids is 1. The number of nitrogens with one attached hydrogen (secondary N) is 1. The number of piperidine rings is 1. The number of aryl methyl sites for hydroxylation is 1. The number of likely N-dealkylation sites (tertiary alicyclic amines) is 1. The van der Waals surface area contributed by atoms with Gasteiger partial charge in [-0.25, -0.2) is 0 Å². The molecule has 134 valence electrons. The van der Waals surface area contributed by atoms with Crippen molar-refractivity contribution in [1.82, 2.24) is 10.2 Å². The lowest BCUT2D eigenvalue weighted by Crippen LogP contribution is -2.35. The lowest BCUT2D eigenvalue weighted by atomic mass is 10.1. The Morgan fingerprint density at radius 3 is 2.52 bits per heavy atom. The number of carbonyl (C=O) groups is 1. The van der Waals surface area contributed by atoms with E-state index in [4.69, 9.17) is 4.42 Å². The molecule has 0 bridgehead atoms. The molecular formula is C19H23BrN2O3. The molecule has 0 radical (unpaired) electrons. The molecule has 1 aromatic carbocycles. The molecule has 0 spiro atoms. The number of rotatable bonds is 5. The highest BCUT2D eigenvalue weighted by molar-refractivity contribution is 9.10. The molecule has 0 saturated carbocycles. The Morgan fingerprint density at radius 1 is 1.28 bits per heavy atom. The number of aliphatic hydroxyl groups excluding tert-OH is 1. The number of hydrogen-bond acceptors (Lipinski definition) is 4. The highest BCUT2D eigenvalue weighted by Crippen LogP contribution is 2.19. The van der Waals surface area contributed by atoms with E-state index in [0.717, 1.165) is 43.6 Å². The molecule has 1 aromatic heterocycles. The van der Waals surface area contributed by atoms with Gasteiger partial charge in [0.25, 0.3) is 5.91 Å². The van der Waals surface area contributed by atoms with E-state index in [1.165, 1.54) is 5.56 Å². The van der Waals surface area contributed by atoms with Crippen LogP contribution in [0.1, 0.15) is 40.1 Å². The van der Waals surface area contributed by atoms with Crippen molar-refractivity contribution in [2.75, 3.05) is 13.1 Å². The molecule has 3 rings (SSSR count). The fraction of sp³-hybridized carbons (Fsp3) is 0.421. The summed E-state index contributed by atoms with van der Waals surface area (Å²) in [7, 11) is 0. The van der Waals surface area contributed by atoms with E-state index in [2.05, 4.69) is 38.3 Å². The average Bonchev–Trinajstić information content (AvgIpc) is 2.94. The molecule has 5 nitrogen and oxygen atoms in total. The Bertz CT molecular complexity index is 719. The van der Waals surface area contributed by atoms with Gasteiger partial charge in [-0.2, -0.15) is 0 Å². The zero-order valence-corrected chi connectivity index (χ0v) is 15.9. The average molecular weight is 407 g/mol. The molecule has 2 heterocycles. The van der Waals surface area contributed by atoms with Crippen molar-refractivity contribution < 1.29 is 14.3 Å². The summed E-state index contributed by atoms with van der Waals surface area (Å²) in [5, 5.41) is 12.4. The number of amides is 1. The summed E-state index contributed by atoms with van der Waals surface area (Å²) in [4.78, 5) is 14.5. The number of nitrogens with zero attached hydrogens (tertiary/aromatic N) is 1. The lowest BCUT2D eigenvalue weighted by Gasteiger charge is -2.29. The highest BCUT2D eigenvalue weighted by atomic mass is 79.9. The normalized spacial score (nSPS) is 16.1. The van der Waals surface area contributed by atoms with Crippen molar-refractivity contribution in [3.05, 3.63) is 57.5 Å². The molecule has 2 aromatic rings. The van der Waals surface area contributed by atoms with Crippen LogP contribution in [0.3, 0.4) is 0 Å². The third kappa shape index (κ3) is 4.93. The van der Waals surface area contributed by atoms with Crippen molar-refractivity contribution >= 4 is 21.8 Å². The van der Waals surface area contributed by atoms with Gasteiger partial charge in [-0.15, -0.1) is 0 Å². The van der Waals surface area contributed by atoms with Crippen LogP contribution >= 0.6 is 15.9 Å². The second-order valence-corrected chi connectivity index (χ2v) is 7.35. The summed E-state index contributed by atoms with van der Waals surface area (Å²) in [6.07, 6.45) is 1.57. The third-order valence-corrected chi connectivity index (χ3v) is 4.92. The van der Waals surface area contributed by atoms with Gasteiger partial charge in [0.2, 0.25) is 0 Å². The van der Waals surface area contributed by atoms with E-state index in [9.17, 15) is 9.90 Å². The first kappa shape index (κ1) is 18.2. The molecule has 0 unspecified atom stereocenters. The Labute approximate surface area is 156 Å². The first-order valence-electron chi connectivity index (χ1n) is 8.53. The van der Waals surface area contributed by atoms with Crippen LogP contribution in [0.15, 0.2) is 39.4 Å². The summed E-state index contributed by atoms with van der Waals surface area (Å²) < 4.78 is 5.92. The highest BCUT2D eigenvalue weighted by Gasteiger charge is 2.17. The van der Waals surface area contributed by atoms with E-state index in [1.807, 2.05) is 19.1 Å². The smallest absolute Gasteiger partial charge is 0.287 e. The molecule has 25 heavy (non-hydrogen) atoms. The fourth-order valence-corrected chi connectivity index (χ4v) is 3.53. The number of aliphatic hydroxyl groups is 1. The molecule has 0 aliphatic carbocycles. The number of benzene rings is 1. The van der Waals surface area contributed by atoms with Crippen LogP contribution < -0.4 is 5.32 Å². The SMILES string of the molecule is Cc1cc(Br)oc1C(=O)NCc1ccc(CN2CCC(O)CC2)cc1. The third-order valence-electron chi connectivity index (χ3n) is 4.53. The van der Waals surface area contributed by atoms with Gasteiger partial charge in [-0.3, -0.25) is 9.69 Å². The van der Waals surface area contributed by atoms with Gasteiger partial charge in [0.1, 0.15) is 0 Å². The van der Waals surface area contributed by atoms with Crippen molar-refractivity contribution in [1.29, 1.82) is 0 Å². The summed E-state index contributed by atoms with van der Waals surface area (Å²) in [6, 6.07) is 10.1. The van der Waals surface area contributed by atoms with Crippen molar-refractivity contribution in [3.8, 4) is 0 Å². The zero-order chi connectivity index (χ0) is 17.8. The van der Waals surface area contributed by atoms with E-state index >= 15 is 0 Å². The fourth-order valence-electron chi connectivity index (χ4n) is 3.03. The molecule has 1 fully saturated rings. The molecule has 1 aliphatic rings. The summed E-state index contributed by atoms with van der Waals surface area (Å²) in [5.41, 5.74) is 3.11. The maximum Gasteiger partial charge on any atom is 0.287 e. The van der Waals surface area contributed by atoms with Crippen molar-refractivity contribution in [3.63, 3.8) is 0 Å². The van der Waals surface area contributed by atoms with Gasteiger partial charge >= 0.3 is 0 Å². The minimum Gasteiger partial charge on any atom is -0.444 e. The molecular weight excluding hydrogens is 384 g/mol. The summed E-state index contributed by atoms with van der Waals surface area (Å²) in [5.74, 6) is 0.134. The van der Waals surface area contributed by atoms with Crippen LogP contribution in [0.4, 0.5) is 0 Å². The number of furan rings is 1. The minimum atomic E-state index is -0.209. The van der Waals surface area contributed by atoms with Gasteiger partial charge in [0, 0.05) is 31.7 Å². The van der Waals surface area contributed by atoms with Crippen LogP contribution in [-0.2, 0) is 13.1 Å². The Balaban J connectivity index is 1.50. The van der Waals surface area contributed by atoms with E-state index in [-0.39, 0.29) is 12.0 Å². The minimum absolute atomic E-state index is 0.138. The predicted octanol–water partition coefficient (Wildman–Crippen LogP) is 3.24. The quantitative estimate of drug-likeness (QED) is 0.799. The maximum atomic E-state index is 12.2. The Hall–Kier alpha value is -1.63. The van der Waals surface area contributed by atoms with Crippen molar-refractivity contribution in [2.24, 2.45) is 0 Å². The summed E-state index contributed by atoms with van der Waals surface area (Å²) >= 11 is 3.23. The van der Waals surface area contributed by atoms with Gasteiger partial charge in [0.05, 0.1) is 6.10 Å². The number of hydrogen-bond donors (Lipinski definition) is 2. The standard InChI is InChI=1S/C19H23BrN2O3/c1-13-10-17(20)25-18(13)19(24)21-11-14-2-4-15(5-3-14)12-22-8-6-16(23)7-9-22/h2-5,10,16,23H,6-9,11-12H2,1H3,(H,21,24). The van der Waals surface area contributed by atoms with Gasteiger partial charge in [-0.1, -0.05) is 24.3 Å². The van der Waals surface area contributed by atoms with Gasteiger partial charge in [-0.05, 0) is 52.9 Å². The van der Waals surface area contributed by atoms with Crippen LogP contribution in [-0.4, -0.2) is 35.1 Å². The monoisotopic (exact) mass is 406 g/mol. The van der Waals surface area contributed by atoms with E-state index < -0.39 is 0 Å². The number of halogens is 1. The molecule has 1 aliphatic heterocycles. The van der Waals surface area contributed by atoms with Gasteiger partial charge < -0.3 is 14.8 Å². The predicted molar refractivity (Wildman–Crippen MR) is 99.3 cm³/mol. The largest absolute Gasteiger partial charge is 0.444 e. The summed E-state index contributed by atoms with van der Waals surface area (Å²) in [6.45, 7) is 5.09. The van der Waals surface area contributed by atoms with E-state index in [0.29, 0.717) is 17.0 Å². The van der Waals surface area contributed by atoms with Crippen LogP contribution in [0.5, 0.6) is 0 Å². The maximum absolute atomic E-state index is 12.2. The van der Waals surface area contributed by atoms with E-state index in [1.54, 1.807) is 6.07 Å². The van der Waals surface area contributed by atoms with Crippen LogP contribution in [0, 0.1) is 6.92 Å². The Kier molecular flexibility index (Phi) is 5.93. The Morgan fingerprint density at radius 2 is 1.92 bits per heavy atom.